The van der Waals surface area contributed by atoms with Gasteiger partial charge in [-0.1, -0.05) is 48.0 Å². The molecule has 2 rings (SSSR count). The standard InChI is InChI=1S/C21H25NO4/c1-14-8-10-18(11-9-14)12-22-21(24)17(4)26-19(23)13-25-20-15(2)6-5-7-16(20)3/h5-11,17H,12-13H2,1-4H3,(H,22,24)/t17-/m1/s1. The van der Waals surface area contributed by atoms with Gasteiger partial charge in [0.2, 0.25) is 0 Å². The molecule has 0 bridgehead atoms. The summed E-state index contributed by atoms with van der Waals surface area (Å²) in [6.07, 6.45) is -0.880. The predicted molar refractivity (Wildman–Crippen MR) is 100.0 cm³/mol. The fourth-order valence-electron chi connectivity index (χ4n) is 2.48. The second kappa shape index (κ2) is 9.04. The van der Waals surface area contributed by atoms with E-state index in [9.17, 15) is 9.59 Å². The zero-order valence-electron chi connectivity index (χ0n) is 15.7. The van der Waals surface area contributed by atoms with Crippen LogP contribution in [-0.4, -0.2) is 24.6 Å². The SMILES string of the molecule is Cc1ccc(CNC(=O)[C@@H](C)OC(=O)COc2c(C)cccc2C)cc1. The van der Waals surface area contributed by atoms with Crippen LogP contribution >= 0.6 is 0 Å². The van der Waals surface area contributed by atoms with E-state index in [1.54, 1.807) is 6.92 Å². The molecule has 2 aromatic rings. The van der Waals surface area contributed by atoms with Gasteiger partial charge in [-0.25, -0.2) is 4.79 Å². The number of aryl methyl sites for hydroxylation is 3. The average molecular weight is 355 g/mol. The Balaban J connectivity index is 1.78. The predicted octanol–water partition coefficient (Wildman–Crippen LogP) is 3.24. The highest BCUT2D eigenvalue weighted by Gasteiger charge is 2.18. The first-order chi connectivity index (χ1) is 12.4. The highest BCUT2D eigenvalue weighted by atomic mass is 16.6. The van der Waals surface area contributed by atoms with E-state index in [-0.39, 0.29) is 12.5 Å². The van der Waals surface area contributed by atoms with Gasteiger partial charge < -0.3 is 14.8 Å². The summed E-state index contributed by atoms with van der Waals surface area (Å²) < 4.78 is 10.7. The molecular formula is C21H25NO4. The normalized spacial score (nSPS) is 11.5. The lowest BCUT2D eigenvalue weighted by molar-refractivity contribution is -0.156. The van der Waals surface area contributed by atoms with Gasteiger partial charge in [-0.15, -0.1) is 0 Å². The fourth-order valence-corrected chi connectivity index (χ4v) is 2.48. The lowest BCUT2D eigenvalue weighted by Crippen LogP contribution is -2.36. The molecule has 1 N–H and O–H groups in total. The fraction of sp³-hybridized carbons (Fsp3) is 0.333. The van der Waals surface area contributed by atoms with E-state index in [1.807, 2.05) is 63.2 Å². The number of hydrogen-bond donors (Lipinski definition) is 1. The van der Waals surface area contributed by atoms with E-state index in [2.05, 4.69) is 5.32 Å². The Hall–Kier alpha value is -2.82. The van der Waals surface area contributed by atoms with Crippen LogP contribution in [0.4, 0.5) is 0 Å². The third-order valence-electron chi connectivity index (χ3n) is 4.01. The van der Waals surface area contributed by atoms with Gasteiger partial charge in [-0.3, -0.25) is 4.79 Å². The van der Waals surface area contributed by atoms with E-state index in [0.29, 0.717) is 12.3 Å². The monoisotopic (exact) mass is 355 g/mol. The minimum atomic E-state index is -0.880. The summed E-state index contributed by atoms with van der Waals surface area (Å²) in [5.74, 6) is -0.252. The van der Waals surface area contributed by atoms with Crippen LogP contribution < -0.4 is 10.1 Å². The Morgan fingerprint density at radius 3 is 2.23 bits per heavy atom. The van der Waals surface area contributed by atoms with Crippen molar-refractivity contribution in [3.63, 3.8) is 0 Å². The third-order valence-corrected chi connectivity index (χ3v) is 4.01. The molecule has 0 aliphatic carbocycles. The quantitative estimate of drug-likeness (QED) is 0.775. The lowest BCUT2D eigenvalue weighted by Gasteiger charge is -2.15. The van der Waals surface area contributed by atoms with Crippen LogP contribution in [-0.2, 0) is 20.9 Å². The Labute approximate surface area is 154 Å². The van der Waals surface area contributed by atoms with Crippen molar-refractivity contribution in [1.29, 1.82) is 0 Å². The first kappa shape index (κ1) is 19.5. The molecule has 0 aromatic heterocycles. The minimum absolute atomic E-state index is 0.235. The Kier molecular flexibility index (Phi) is 6.78. The van der Waals surface area contributed by atoms with Crippen molar-refractivity contribution in [2.45, 2.75) is 40.3 Å². The Morgan fingerprint density at radius 2 is 1.62 bits per heavy atom. The van der Waals surface area contributed by atoms with Crippen molar-refractivity contribution < 1.29 is 19.1 Å². The molecule has 138 valence electrons. The maximum absolute atomic E-state index is 12.1. The van der Waals surface area contributed by atoms with Gasteiger partial charge in [0.25, 0.3) is 5.91 Å². The van der Waals surface area contributed by atoms with Crippen LogP contribution in [0.15, 0.2) is 42.5 Å². The van der Waals surface area contributed by atoms with Crippen molar-refractivity contribution >= 4 is 11.9 Å². The van der Waals surface area contributed by atoms with Crippen LogP contribution in [0.5, 0.6) is 5.75 Å². The molecule has 1 atom stereocenters. The van der Waals surface area contributed by atoms with E-state index in [4.69, 9.17) is 9.47 Å². The van der Waals surface area contributed by atoms with Crippen molar-refractivity contribution in [3.8, 4) is 5.75 Å². The molecule has 5 nitrogen and oxygen atoms in total. The maximum Gasteiger partial charge on any atom is 0.344 e. The number of amides is 1. The molecule has 0 spiro atoms. The molecule has 2 aromatic carbocycles. The molecule has 5 heteroatoms. The first-order valence-corrected chi connectivity index (χ1v) is 8.58. The van der Waals surface area contributed by atoms with Crippen LogP contribution in [0.1, 0.15) is 29.2 Å². The largest absolute Gasteiger partial charge is 0.481 e. The van der Waals surface area contributed by atoms with Gasteiger partial charge in [-0.05, 0) is 44.4 Å². The molecule has 0 fully saturated rings. The number of carbonyl (C=O) groups excluding carboxylic acids is 2. The van der Waals surface area contributed by atoms with Crippen LogP contribution in [0.25, 0.3) is 0 Å². The van der Waals surface area contributed by atoms with Crippen molar-refractivity contribution in [3.05, 3.63) is 64.7 Å². The number of para-hydroxylation sites is 1. The Morgan fingerprint density at radius 1 is 1.00 bits per heavy atom. The maximum atomic E-state index is 12.1. The summed E-state index contributed by atoms with van der Waals surface area (Å²) in [7, 11) is 0. The van der Waals surface area contributed by atoms with Gasteiger partial charge in [-0.2, -0.15) is 0 Å². The first-order valence-electron chi connectivity index (χ1n) is 8.58. The van der Waals surface area contributed by atoms with Crippen LogP contribution in [0.3, 0.4) is 0 Å². The van der Waals surface area contributed by atoms with Crippen molar-refractivity contribution in [2.75, 3.05) is 6.61 Å². The zero-order chi connectivity index (χ0) is 19.1. The van der Waals surface area contributed by atoms with Gasteiger partial charge in [0.1, 0.15) is 5.75 Å². The number of nitrogens with one attached hydrogen (secondary N) is 1. The summed E-state index contributed by atoms with van der Waals surface area (Å²) >= 11 is 0. The number of carbonyl (C=O) groups is 2. The molecule has 0 saturated carbocycles. The second-order valence-corrected chi connectivity index (χ2v) is 6.35. The van der Waals surface area contributed by atoms with Gasteiger partial charge in [0.15, 0.2) is 12.7 Å². The topological polar surface area (TPSA) is 64.6 Å². The molecule has 26 heavy (non-hydrogen) atoms. The molecule has 0 unspecified atom stereocenters. The van der Waals surface area contributed by atoms with Gasteiger partial charge in [0.05, 0.1) is 0 Å². The molecular weight excluding hydrogens is 330 g/mol. The second-order valence-electron chi connectivity index (χ2n) is 6.35. The van der Waals surface area contributed by atoms with Crippen LogP contribution in [0, 0.1) is 20.8 Å². The number of rotatable bonds is 7. The lowest BCUT2D eigenvalue weighted by atomic mass is 10.1. The summed E-state index contributed by atoms with van der Waals surface area (Å²) in [6, 6.07) is 13.6. The Bertz CT molecular complexity index is 748. The van der Waals surface area contributed by atoms with E-state index >= 15 is 0 Å². The number of ether oxygens (including phenoxy) is 2. The smallest absolute Gasteiger partial charge is 0.344 e. The van der Waals surface area contributed by atoms with Gasteiger partial charge >= 0.3 is 5.97 Å². The van der Waals surface area contributed by atoms with Gasteiger partial charge in [0, 0.05) is 6.54 Å². The number of benzene rings is 2. The molecule has 0 heterocycles. The average Bonchev–Trinajstić information content (AvgIpc) is 2.60. The number of hydrogen-bond acceptors (Lipinski definition) is 4. The summed E-state index contributed by atoms with van der Waals surface area (Å²) in [5.41, 5.74) is 4.04. The molecule has 0 saturated heterocycles. The molecule has 0 aliphatic rings. The highest BCUT2D eigenvalue weighted by molar-refractivity contribution is 5.83. The number of esters is 1. The van der Waals surface area contributed by atoms with E-state index in [1.165, 1.54) is 0 Å². The third kappa shape index (κ3) is 5.62. The van der Waals surface area contributed by atoms with E-state index < -0.39 is 12.1 Å². The molecule has 0 radical (unpaired) electrons. The highest BCUT2D eigenvalue weighted by Crippen LogP contribution is 2.22. The van der Waals surface area contributed by atoms with Crippen molar-refractivity contribution in [1.82, 2.24) is 5.32 Å². The van der Waals surface area contributed by atoms with Crippen molar-refractivity contribution in [2.24, 2.45) is 0 Å². The summed E-state index contributed by atoms with van der Waals surface area (Å²) in [4.78, 5) is 24.0. The molecule has 0 aliphatic heterocycles. The zero-order valence-corrected chi connectivity index (χ0v) is 15.7. The molecule has 1 amide bonds. The summed E-state index contributed by atoms with van der Waals surface area (Å²) in [5, 5.41) is 2.76. The van der Waals surface area contributed by atoms with E-state index in [0.717, 1.165) is 22.3 Å². The van der Waals surface area contributed by atoms with Crippen LogP contribution in [0.2, 0.25) is 0 Å². The minimum Gasteiger partial charge on any atom is -0.481 e. The summed E-state index contributed by atoms with van der Waals surface area (Å²) in [6.45, 7) is 7.52.